The largest absolute Gasteiger partial charge is 0.463 e. The van der Waals surface area contributed by atoms with E-state index >= 15 is 0 Å². The van der Waals surface area contributed by atoms with Crippen LogP contribution in [0.5, 0.6) is 0 Å². The molecule has 5 atom stereocenters. The van der Waals surface area contributed by atoms with Crippen LogP contribution in [0.4, 0.5) is 0 Å². The van der Waals surface area contributed by atoms with Crippen molar-refractivity contribution < 1.29 is 29.0 Å². The molecule has 12 heteroatoms. The summed E-state index contributed by atoms with van der Waals surface area (Å²) in [5.41, 5.74) is 0. The maximum Gasteiger partial charge on any atom is 0.330 e. The van der Waals surface area contributed by atoms with Gasteiger partial charge in [-0.2, -0.15) is 0 Å². The molecule has 204 valence electrons. The molecule has 1 unspecified atom stereocenters. The fourth-order valence-electron chi connectivity index (χ4n) is 3.75. The number of carbonyl (C=O) groups is 4. The molecule has 1 aliphatic rings. The van der Waals surface area contributed by atoms with Gasteiger partial charge in [0.15, 0.2) is 5.11 Å². The van der Waals surface area contributed by atoms with E-state index in [0.717, 1.165) is 0 Å². The van der Waals surface area contributed by atoms with Gasteiger partial charge in [0.2, 0.25) is 17.7 Å². The van der Waals surface area contributed by atoms with E-state index < -0.39 is 42.0 Å². The van der Waals surface area contributed by atoms with Gasteiger partial charge in [-0.3, -0.25) is 14.4 Å². The number of aliphatic hydroxyl groups is 1. The summed E-state index contributed by atoms with van der Waals surface area (Å²) >= 11 is 5.14. The summed E-state index contributed by atoms with van der Waals surface area (Å²) in [5, 5.41) is 24.3. The zero-order chi connectivity index (χ0) is 27.3. The van der Waals surface area contributed by atoms with Crippen molar-refractivity contribution >= 4 is 41.0 Å². The van der Waals surface area contributed by atoms with E-state index in [2.05, 4.69) is 26.6 Å². The minimum absolute atomic E-state index is 0.0657. The highest BCUT2D eigenvalue weighted by Gasteiger charge is 2.32. The molecule has 11 nitrogen and oxygen atoms in total. The number of nitrogens with one attached hydrogen (secondary N) is 5. The number of aliphatic hydroxyl groups excluding tert-OH is 1. The standard InChI is InChI=1S/C24H41N5O6S/c1-6-25-24(36)29-20(15(5)30)23(34)28-18(12-14(3)4)22(33)27-17(8-9-19(31)35-7-2)13-16-10-11-26-21(16)32/h8-9,14-18,20,30H,6-7,10-13H2,1-5H3,(H,26,32)(H,27,33)(H,28,34)(H2,25,29,36)/t15?,16-,17+,18-,20-/m0/s1. The lowest BCUT2D eigenvalue weighted by Crippen LogP contribution is -2.59. The number of carbonyl (C=O) groups excluding carboxylic acids is 4. The summed E-state index contributed by atoms with van der Waals surface area (Å²) in [4.78, 5) is 50.2. The molecular weight excluding hydrogens is 486 g/mol. The third kappa shape index (κ3) is 11.3. The lowest BCUT2D eigenvalue weighted by molar-refractivity contribution is -0.137. The van der Waals surface area contributed by atoms with Gasteiger partial charge in [-0.25, -0.2) is 4.79 Å². The third-order valence-corrected chi connectivity index (χ3v) is 5.77. The highest BCUT2D eigenvalue weighted by atomic mass is 32.1. The van der Waals surface area contributed by atoms with Gasteiger partial charge in [0.1, 0.15) is 12.1 Å². The zero-order valence-electron chi connectivity index (χ0n) is 21.8. The molecular formula is C24H41N5O6S. The van der Waals surface area contributed by atoms with Gasteiger partial charge in [0, 0.05) is 31.1 Å². The van der Waals surface area contributed by atoms with Gasteiger partial charge in [0.25, 0.3) is 0 Å². The Bertz CT molecular complexity index is 804. The molecule has 0 radical (unpaired) electrons. The smallest absolute Gasteiger partial charge is 0.330 e. The van der Waals surface area contributed by atoms with Crippen LogP contribution in [0.2, 0.25) is 0 Å². The molecule has 36 heavy (non-hydrogen) atoms. The Morgan fingerprint density at radius 2 is 1.86 bits per heavy atom. The van der Waals surface area contributed by atoms with E-state index in [9.17, 15) is 24.3 Å². The van der Waals surface area contributed by atoms with Crippen molar-refractivity contribution in [2.45, 2.75) is 78.1 Å². The Balaban J connectivity index is 3.02. The lowest BCUT2D eigenvalue weighted by atomic mass is 9.96. The molecule has 1 heterocycles. The molecule has 0 aromatic heterocycles. The average molecular weight is 528 g/mol. The number of hydrogen-bond donors (Lipinski definition) is 6. The number of esters is 1. The number of ether oxygens (including phenoxy) is 1. The molecule has 6 N–H and O–H groups in total. The molecule has 0 saturated carbocycles. The normalized spacial score (nSPS) is 18.6. The monoisotopic (exact) mass is 527 g/mol. The summed E-state index contributed by atoms with van der Waals surface area (Å²) < 4.78 is 4.92. The first kappa shape index (κ1) is 31.3. The Hall–Kier alpha value is -2.73. The van der Waals surface area contributed by atoms with Crippen molar-refractivity contribution in [3.05, 3.63) is 12.2 Å². The minimum atomic E-state index is -1.08. The van der Waals surface area contributed by atoms with E-state index in [1.54, 1.807) is 6.92 Å². The molecule has 1 rings (SSSR count). The lowest BCUT2D eigenvalue weighted by Gasteiger charge is -2.27. The van der Waals surface area contributed by atoms with Crippen LogP contribution in [0.15, 0.2) is 12.2 Å². The molecule has 1 aliphatic heterocycles. The zero-order valence-corrected chi connectivity index (χ0v) is 22.6. The molecule has 0 aliphatic carbocycles. The molecule has 0 bridgehead atoms. The summed E-state index contributed by atoms with van der Waals surface area (Å²) in [7, 11) is 0. The van der Waals surface area contributed by atoms with Gasteiger partial charge in [-0.1, -0.05) is 19.9 Å². The quantitative estimate of drug-likeness (QED) is 0.103. The van der Waals surface area contributed by atoms with Crippen molar-refractivity contribution in [2.75, 3.05) is 19.7 Å². The van der Waals surface area contributed by atoms with E-state index in [-0.39, 0.29) is 29.5 Å². The van der Waals surface area contributed by atoms with Crippen LogP contribution in [0.1, 0.15) is 53.9 Å². The van der Waals surface area contributed by atoms with Crippen LogP contribution < -0.4 is 26.6 Å². The van der Waals surface area contributed by atoms with Crippen molar-refractivity contribution in [3.8, 4) is 0 Å². The highest BCUT2D eigenvalue weighted by Crippen LogP contribution is 2.17. The van der Waals surface area contributed by atoms with Crippen molar-refractivity contribution in [2.24, 2.45) is 11.8 Å². The van der Waals surface area contributed by atoms with E-state index in [1.165, 1.54) is 19.1 Å². The van der Waals surface area contributed by atoms with Crippen LogP contribution in [0, 0.1) is 11.8 Å². The Kier molecular flexibility index (Phi) is 14.0. The molecule has 1 saturated heterocycles. The highest BCUT2D eigenvalue weighted by molar-refractivity contribution is 7.80. The van der Waals surface area contributed by atoms with E-state index in [0.29, 0.717) is 32.4 Å². The first-order chi connectivity index (χ1) is 17.0. The Labute approximate surface area is 218 Å². The summed E-state index contributed by atoms with van der Waals surface area (Å²) in [5.74, 6) is -1.95. The fraction of sp³-hybridized carbons (Fsp3) is 0.708. The van der Waals surface area contributed by atoms with Crippen LogP contribution in [-0.4, -0.2) is 77.8 Å². The summed E-state index contributed by atoms with van der Waals surface area (Å²) in [6, 6.07) is -2.61. The van der Waals surface area contributed by atoms with Crippen LogP contribution in [0.3, 0.4) is 0 Å². The third-order valence-electron chi connectivity index (χ3n) is 5.51. The minimum Gasteiger partial charge on any atom is -0.463 e. The summed E-state index contributed by atoms with van der Waals surface area (Å²) in [6.07, 6.45) is 2.91. The maximum absolute atomic E-state index is 13.3. The SMILES string of the molecule is CCNC(=S)N[C@H](C(=O)N[C@@H](CC(C)C)C(=O)N[C@H](C=CC(=O)OCC)C[C@@H]1CCNC1=O)C(C)O. The number of hydrogen-bond acceptors (Lipinski definition) is 7. The van der Waals surface area contributed by atoms with Crippen molar-refractivity contribution in [3.63, 3.8) is 0 Å². The molecule has 0 aromatic rings. The molecule has 0 spiro atoms. The molecule has 3 amide bonds. The van der Waals surface area contributed by atoms with Crippen LogP contribution in [-0.2, 0) is 23.9 Å². The fourth-order valence-corrected chi connectivity index (χ4v) is 4.02. The first-order valence-electron chi connectivity index (χ1n) is 12.4. The van der Waals surface area contributed by atoms with E-state index in [4.69, 9.17) is 17.0 Å². The van der Waals surface area contributed by atoms with Crippen LogP contribution in [0.25, 0.3) is 0 Å². The number of thiocarbonyl (C=S) groups is 1. The topological polar surface area (TPSA) is 158 Å². The van der Waals surface area contributed by atoms with Gasteiger partial charge >= 0.3 is 5.97 Å². The van der Waals surface area contributed by atoms with Gasteiger partial charge in [-0.15, -0.1) is 0 Å². The maximum atomic E-state index is 13.3. The second kappa shape index (κ2) is 16.1. The summed E-state index contributed by atoms with van der Waals surface area (Å²) in [6.45, 7) is 10.1. The number of rotatable bonds is 14. The van der Waals surface area contributed by atoms with Gasteiger partial charge < -0.3 is 36.4 Å². The van der Waals surface area contributed by atoms with Gasteiger partial charge in [0.05, 0.1) is 12.7 Å². The molecule has 0 aromatic carbocycles. The Morgan fingerprint density at radius 3 is 2.39 bits per heavy atom. The number of amides is 3. The average Bonchev–Trinajstić information content (AvgIpc) is 3.19. The van der Waals surface area contributed by atoms with E-state index in [1.807, 2.05) is 20.8 Å². The first-order valence-corrected chi connectivity index (χ1v) is 12.8. The predicted molar refractivity (Wildman–Crippen MR) is 140 cm³/mol. The van der Waals surface area contributed by atoms with Crippen molar-refractivity contribution in [1.82, 2.24) is 26.6 Å². The Morgan fingerprint density at radius 1 is 1.17 bits per heavy atom. The second-order valence-electron chi connectivity index (χ2n) is 9.15. The second-order valence-corrected chi connectivity index (χ2v) is 9.56. The molecule has 1 fully saturated rings. The van der Waals surface area contributed by atoms with Crippen LogP contribution >= 0.6 is 12.2 Å². The van der Waals surface area contributed by atoms with Gasteiger partial charge in [-0.05, 0) is 58.2 Å². The predicted octanol–water partition coefficient (Wildman–Crippen LogP) is -0.119. The van der Waals surface area contributed by atoms with Crippen molar-refractivity contribution in [1.29, 1.82) is 0 Å².